The lowest BCUT2D eigenvalue weighted by atomic mass is 10.1. The predicted octanol–water partition coefficient (Wildman–Crippen LogP) is 2.40. The van der Waals surface area contributed by atoms with Gasteiger partial charge in [-0.15, -0.1) is 11.3 Å². The zero-order valence-corrected chi connectivity index (χ0v) is 11.4. The molecule has 0 bridgehead atoms. The summed E-state index contributed by atoms with van der Waals surface area (Å²) < 4.78 is 12.9. The molecule has 5 nitrogen and oxygen atoms in total. The van der Waals surface area contributed by atoms with Gasteiger partial charge in [-0.2, -0.15) is 0 Å². The SMILES string of the molecule is CNC(=O)c1cc(-c2ccc(F)cc2)sc1NC(N)=O. The lowest BCUT2D eigenvalue weighted by Gasteiger charge is -2.01. The molecule has 0 unspecified atom stereocenters. The second kappa shape index (κ2) is 5.70. The standard InChI is InChI=1S/C13H12FN3O2S/c1-16-11(18)9-6-10(20-12(9)17-13(15)19)7-2-4-8(14)5-3-7/h2-6H,1H3,(H,16,18)(H3,15,17,19). The summed E-state index contributed by atoms with van der Waals surface area (Å²) >= 11 is 1.20. The molecule has 0 fully saturated rings. The Bertz CT molecular complexity index is 652. The van der Waals surface area contributed by atoms with Gasteiger partial charge in [0.15, 0.2) is 0 Å². The van der Waals surface area contributed by atoms with Crippen molar-refractivity contribution in [2.45, 2.75) is 0 Å². The Labute approximate surface area is 118 Å². The Kier molecular flexibility index (Phi) is 3.99. The monoisotopic (exact) mass is 293 g/mol. The molecule has 0 spiro atoms. The van der Waals surface area contributed by atoms with E-state index in [-0.39, 0.29) is 11.7 Å². The molecule has 4 N–H and O–H groups in total. The quantitative estimate of drug-likeness (QED) is 0.812. The molecule has 20 heavy (non-hydrogen) atoms. The number of rotatable bonds is 3. The van der Waals surface area contributed by atoms with Crippen molar-refractivity contribution in [1.29, 1.82) is 0 Å². The van der Waals surface area contributed by atoms with E-state index < -0.39 is 6.03 Å². The number of carbonyl (C=O) groups excluding carboxylic acids is 2. The fraction of sp³-hybridized carbons (Fsp3) is 0.0769. The van der Waals surface area contributed by atoms with Crippen molar-refractivity contribution in [3.05, 3.63) is 41.7 Å². The minimum atomic E-state index is -0.748. The van der Waals surface area contributed by atoms with Gasteiger partial charge in [0.1, 0.15) is 10.8 Å². The van der Waals surface area contributed by atoms with E-state index in [1.165, 1.54) is 30.5 Å². The highest BCUT2D eigenvalue weighted by molar-refractivity contribution is 7.20. The average Bonchev–Trinajstić information content (AvgIpc) is 2.81. The van der Waals surface area contributed by atoms with E-state index in [1.54, 1.807) is 18.2 Å². The molecular weight excluding hydrogens is 281 g/mol. The van der Waals surface area contributed by atoms with Crippen molar-refractivity contribution in [3.63, 3.8) is 0 Å². The second-order valence-electron chi connectivity index (χ2n) is 3.93. The number of halogens is 1. The molecule has 0 saturated heterocycles. The molecule has 2 rings (SSSR count). The van der Waals surface area contributed by atoms with Crippen molar-refractivity contribution in [3.8, 4) is 10.4 Å². The van der Waals surface area contributed by atoms with Crippen molar-refractivity contribution in [2.24, 2.45) is 5.73 Å². The number of primary amides is 1. The van der Waals surface area contributed by atoms with Crippen LogP contribution in [0.2, 0.25) is 0 Å². The highest BCUT2D eigenvalue weighted by Crippen LogP contribution is 2.35. The van der Waals surface area contributed by atoms with E-state index in [1.807, 2.05) is 0 Å². The first-order valence-corrected chi connectivity index (χ1v) is 6.51. The van der Waals surface area contributed by atoms with Crippen molar-refractivity contribution in [1.82, 2.24) is 5.32 Å². The van der Waals surface area contributed by atoms with Crippen LogP contribution in [-0.4, -0.2) is 19.0 Å². The summed E-state index contributed by atoms with van der Waals surface area (Å²) in [7, 11) is 1.49. The summed E-state index contributed by atoms with van der Waals surface area (Å²) in [4.78, 5) is 23.4. The van der Waals surface area contributed by atoms with E-state index in [9.17, 15) is 14.0 Å². The van der Waals surface area contributed by atoms with Crippen LogP contribution in [-0.2, 0) is 0 Å². The molecule has 0 aliphatic carbocycles. The first-order chi connectivity index (χ1) is 9.51. The van der Waals surface area contributed by atoms with Gasteiger partial charge in [0.2, 0.25) is 0 Å². The minimum absolute atomic E-state index is 0.315. The fourth-order valence-electron chi connectivity index (χ4n) is 1.66. The molecule has 104 valence electrons. The van der Waals surface area contributed by atoms with Crippen LogP contribution >= 0.6 is 11.3 Å². The molecule has 0 radical (unpaired) electrons. The van der Waals surface area contributed by atoms with Crippen molar-refractivity contribution < 1.29 is 14.0 Å². The van der Waals surface area contributed by atoms with E-state index in [0.717, 1.165) is 10.4 Å². The summed E-state index contributed by atoms with van der Waals surface area (Å²) in [5.74, 6) is -0.675. The maximum absolute atomic E-state index is 12.9. The average molecular weight is 293 g/mol. The molecule has 0 atom stereocenters. The van der Waals surface area contributed by atoms with Gasteiger partial charge in [-0.05, 0) is 23.8 Å². The van der Waals surface area contributed by atoms with Crippen LogP contribution in [0.4, 0.5) is 14.2 Å². The van der Waals surface area contributed by atoms with Crippen LogP contribution in [0.5, 0.6) is 0 Å². The normalized spacial score (nSPS) is 10.1. The van der Waals surface area contributed by atoms with Gasteiger partial charge in [-0.3, -0.25) is 10.1 Å². The lowest BCUT2D eigenvalue weighted by molar-refractivity contribution is 0.0964. The third-order valence-corrected chi connectivity index (χ3v) is 3.67. The molecule has 0 aliphatic heterocycles. The summed E-state index contributed by atoms with van der Waals surface area (Å²) in [6.45, 7) is 0. The Morgan fingerprint density at radius 3 is 2.45 bits per heavy atom. The Hall–Kier alpha value is -2.41. The number of nitrogens with two attached hydrogens (primary N) is 1. The Morgan fingerprint density at radius 1 is 1.25 bits per heavy atom. The molecule has 7 heteroatoms. The zero-order valence-electron chi connectivity index (χ0n) is 10.6. The van der Waals surface area contributed by atoms with Crippen LogP contribution in [0.3, 0.4) is 0 Å². The lowest BCUT2D eigenvalue weighted by Crippen LogP contribution is -2.22. The van der Waals surface area contributed by atoms with E-state index in [2.05, 4.69) is 10.6 Å². The summed E-state index contributed by atoms with van der Waals surface area (Å²) in [6, 6.07) is 6.74. The number of urea groups is 1. The van der Waals surface area contributed by atoms with E-state index >= 15 is 0 Å². The molecule has 2 aromatic rings. The number of carbonyl (C=O) groups is 2. The summed E-state index contributed by atoms with van der Waals surface area (Å²) in [5.41, 5.74) is 6.14. The predicted molar refractivity (Wildman–Crippen MR) is 76.3 cm³/mol. The largest absolute Gasteiger partial charge is 0.355 e. The van der Waals surface area contributed by atoms with Gasteiger partial charge in [-0.25, -0.2) is 9.18 Å². The highest BCUT2D eigenvalue weighted by Gasteiger charge is 2.17. The van der Waals surface area contributed by atoms with E-state index in [0.29, 0.717) is 10.6 Å². The number of anilines is 1. The first kappa shape index (κ1) is 14.0. The molecule has 1 aromatic carbocycles. The van der Waals surface area contributed by atoms with Gasteiger partial charge >= 0.3 is 6.03 Å². The molecule has 0 saturated carbocycles. The molecule has 3 amide bonds. The third-order valence-electron chi connectivity index (χ3n) is 2.57. The zero-order chi connectivity index (χ0) is 14.7. The number of amides is 3. The molecule has 1 aromatic heterocycles. The summed E-state index contributed by atoms with van der Waals surface area (Å²) in [6.07, 6.45) is 0. The van der Waals surface area contributed by atoms with Gasteiger partial charge < -0.3 is 11.1 Å². The van der Waals surface area contributed by atoms with Gasteiger partial charge in [0, 0.05) is 11.9 Å². The Balaban J connectivity index is 2.45. The maximum Gasteiger partial charge on any atom is 0.317 e. The third kappa shape index (κ3) is 2.94. The number of nitrogens with one attached hydrogen (secondary N) is 2. The van der Waals surface area contributed by atoms with Crippen LogP contribution in [0.1, 0.15) is 10.4 Å². The van der Waals surface area contributed by atoms with Crippen LogP contribution in [0.25, 0.3) is 10.4 Å². The van der Waals surface area contributed by atoms with Crippen LogP contribution < -0.4 is 16.4 Å². The topological polar surface area (TPSA) is 84.2 Å². The number of hydrogen-bond donors (Lipinski definition) is 3. The minimum Gasteiger partial charge on any atom is -0.355 e. The van der Waals surface area contributed by atoms with Gasteiger partial charge in [0.05, 0.1) is 5.56 Å². The van der Waals surface area contributed by atoms with Crippen LogP contribution in [0, 0.1) is 5.82 Å². The van der Waals surface area contributed by atoms with Gasteiger partial charge in [0.25, 0.3) is 5.91 Å². The van der Waals surface area contributed by atoms with Crippen molar-refractivity contribution in [2.75, 3.05) is 12.4 Å². The maximum atomic E-state index is 12.9. The smallest absolute Gasteiger partial charge is 0.317 e. The van der Waals surface area contributed by atoms with Gasteiger partial charge in [-0.1, -0.05) is 12.1 Å². The Morgan fingerprint density at radius 2 is 1.90 bits per heavy atom. The summed E-state index contributed by atoms with van der Waals surface area (Å²) in [5, 5.41) is 5.25. The number of hydrogen-bond acceptors (Lipinski definition) is 3. The van der Waals surface area contributed by atoms with E-state index in [4.69, 9.17) is 5.73 Å². The second-order valence-corrected chi connectivity index (χ2v) is 4.98. The van der Waals surface area contributed by atoms with Crippen molar-refractivity contribution >= 4 is 28.3 Å². The first-order valence-electron chi connectivity index (χ1n) is 5.69. The number of benzene rings is 1. The molecular formula is C13H12FN3O2S. The highest BCUT2D eigenvalue weighted by atomic mass is 32.1. The molecule has 1 heterocycles. The fourth-order valence-corrected chi connectivity index (χ4v) is 2.72. The molecule has 0 aliphatic rings. The number of thiophene rings is 1. The van der Waals surface area contributed by atoms with Crippen LogP contribution in [0.15, 0.2) is 30.3 Å².